The van der Waals surface area contributed by atoms with Gasteiger partial charge in [-0.05, 0) is 6.07 Å². The Morgan fingerprint density at radius 2 is 2.08 bits per heavy atom. The Labute approximate surface area is 67.2 Å². The van der Waals surface area contributed by atoms with Gasteiger partial charge in [-0.25, -0.2) is 4.79 Å². The van der Waals surface area contributed by atoms with Crippen molar-refractivity contribution in [1.82, 2.24) is 0 Å². The van der Waals surface area contributed by atoms with E-state index in [4.69, 9.17) is 10.2 Å². The van der Waals surface area contributed by atoms with Gasteiger partial charge in [-0.2, -0.15) is 0 Å². The fourth-order valence-electron chi connectivity index (χ4n) is 0.805. The van der Waals surface area contributed by atoms with Crippen molar-refractivity contribution in [3.8, 4) is 0 Å². The SMILES string of the molecule is O=C(O)Cc1occc1C(=O)O. The fourth-order valence-corrected chi connectivity index (χ4v) is 0.805. The van der Waals surface area contributed by atoms with Gasteiger partial charge in [-0.3, -0.25) is 4.79 Å². The number of carboxylic acids is 2. The molecule has 0 atom stereocenters. The van der Waals surface area contributed by atoms with Crippen LogP contribution in [-0.2, 0) is 11.2 Å². The van der Waals surface area contributed by atoms with Gasteiger partial charge < -0.3 is 14.6 Å². The molecule has 1 aromatic rings. The monoisotopic (exact) mass is 170 g/mol. The number of hydrogen-bond acceptors (Lipinski definition) is 3. The molecule has 0 aliphatic rings. The molecule has 0 saturated carbocycles. The normalized spacial score (nSPS) is 9.67. The quantitative estimate of drug-likeness (QED) is 0.693. The van der Waals surface area contributed by atoms with Crippen LogP contribution in [0.1, 0.15) is 16.1 Å². The molecule has 12 heavy (non-hydrogen) atoms. The lowest BCUT2D eigenvalue weighted by Crippen LogP contribution is -2.04. The first-order chi connectivity index (χ1) is 5.61. The van der Waals surface area contributed by atoms with Crippen molar-refractivity contribution in [3.63, 3.8) is 0 Å². The van der Waals surface area contributed by atoms with Gasteiger partial charge in [0.15, 0.2) is 0 Å². The zero-order chi connectivity index (χ0) is 9.14. The summed E-state index contributed by atoms with van der Waals surface area (Å²) in [6.07, 6.45) is 0.746. The number of furan rings is 1. The van der Waals surface area contributed by atoms with Crippen LogP contribution in [-0.4, -0.2) is 22.2 Å². The van der Waals surface area contributed by atoms with Crippen LogP contribution < -0.4 is 0 Å². The van der Waals surface area contributed by atoms with Crippen LogP contribution >= 0.6 is 0 Å². The van der Waals surface area contributed by atoms with Crippen LogP contribution in [0.2, 0.25) is 0 Å². The van der Waals surface area contributed by atoms with Crippen molar-refractivity contribution in [3.05, 3.63) is 23.7 Å². The summed E-state index contributed by atoms with van der Waals surface area (Å²) in [5.74, 6) is -2.33. The van der Waals surface area contributed by atoms with Gasteiger partial charge in [0.05, 0.1) is 6.26 Å². The average molecular weight is 170 g/mol. The van der Waals surface area contributed by atoms with Gasteiger partial charge in [-0.15, -0.1) is 0 Å². The Balaban J connectivity index is 2.91. The maximum Gasteiger partial charge on any atom is 0.339 e. The van der Waals surface area contributed by atoms with Crippen molar-refractivity contribution in [2.75, 3.05) is 0 Å². The Kier molecular flexibility index (Phi) is 2.14. The first-order valence-corrected chi connectivity index (χ1v) is 3.12. The van der Waals surface area contributed by atoms with Gasteiger partial charge >= 0.3 is 11.9 Å². The summed E-state index contributed by atoms with van der Waals surface area (Å²) < 4.78 is 4.68. The second-order valence-corrected chi connectivity index (χ2v) is 2.13. The molecular formula is C7H6O5. The summed E-state index contributed by atoms with van der Waals surface area (Å²) >= 11 is 0. The molecule has 64 valence electrons. The number of aromatic carboxylic acids is 1. The molecule has 0 radical (unpaired) electrons. The summed E-state index contributed by atoms with van der Waals surface area (Å²) in [6, 6.07) is 1.22. The van der Waals surface area contributed by atoms with Crippen molar-refractivity contribution >= 4 is 11.9 Å². The Hall–Kier alpha value is -1.78. The third-order valence-corrected chi connectivity index (χ3v) is 1.29. The highest BCUT2D eigenvalue weighted by molar-refractivity contribution is 5.89. The van der Waals surface area contributed by atoms with Crippen molar-refractivity contribution in [2.45, 2.75) is 6.42 Å². The molecule has 0 unspecified atom stereocenters. The topological polar surface area (TPSA) is 87.7 Å². The van der Waals surface area contributed by atoms with Crippen LogP contribution in [0.5, 0.6) is 0 Å². The predicted octanol–water partition coefficient (Wildman–Crippen LogP) is 0.605. The standard InChI is InChI=1S/C7H6O5/c8-6(9)3-5-4(7(10)11)1-2-12-5/h1-2H,3H2,(H,8,9)(H,10,11). The molecule has 1 aromatic heterocycles. The molecule has 1 rings (SSSR count). The summed E-state index contributed by atoms with van der Waals surface area (Å²) in [4.78, 5) is 20.6. The molecule has 5 heteroatoms. The van der Waals surface area contributed by atoms with E-state index in [0.29, 0.717) is 0 Å². The molecule has 0 spiro atoms. The molecule has 0 aliphatic carbocycles. The van der Waals surface area contributed by atoms with E-state index in [1.54, 1.807) is 0 Å². The Morgan fingerprint density at radius 1 is 1.42 bits per heavy atom. The lowest BCUT2D eigenvalue weighted by atomic mass is 10.2. The fraction of sp³-hybridized carbons (Fsp3) is 0.143. The van der Waals surface area contributed by atoms with E-state index < -0.39 is 18.4 Å². The third kappa shape index (κ3) is 1.63. The van der Waals surface area contributed by atoms with Gasteiger partial charge in [0.2, 0.25) is 0 Å². The minimum absolute atomic E-state index is 0.0324. The van der Waals surface area contributed by atoms with Crippen LogP contribution in [0.15, 0.2) is 16.7 Å². The summed E-state index contributed by atoms with van der Waals surface area (Å²) in [7, 11) is 0. The lowest BCUT2D eigenvalue weighted by molar-refractivity contribution is -0.136. The largest absolute Gasteiger partial charge is 0.481 e. The van der Waals surface area contributed by atoms with Gasteiger partial charge in [-0.1, -0.05) is 0 Å². The van der Waals surface area contributed by atoms with Crippen molar-refractivity contribution in [2.24, 2.45) is 0 Å². The highest BCUT2D eigenvalue weighted by atomic mass is 16.4. The molecule has 1 heterocycles. The van der Waals surface area contributed by atoms with E-state index in [9.17, 15) is 9.59 Å². The van der Waals surface area contributed by atoms with Gasteiger partial charge in [0.25, 0.3) is 0 Å². The third-order valence-electron chi connectivity index (χ3n) is 1.29. The number of aliphatic carboxylic acids is 1. The highest BCUT2D eigenvalue weighted by Crippen LogP contribution is 2.10. The van der Waals surface area contributed by atoms with Gasteiger partial charge in [0.1, 0.15) is 17.7 Å². The lowest BCUT2D eigenvalue weighted by Gasteiger charge is -1.92. The van der Waals surface area contributed by atoms with E-state index in [2.05, 4.69) is 4.42 Å². The second-order valence-electron chi connectivity index (χ2n) is 2.13. The number of carboxylic acid groups (broad SMARTS) is 2. The summed E-state index contributed by atoms with van der Waals surface area (Å²) in [5.41, 5.74) is -0.0996. The molecule has 0 amide bonds. The molecular weight excluding hydrogens is 164 g/mol. The van der Waals surface area contributed by atoms with E-state index in [1.165, 1.54) is 6.07 Å². The number of rotatable bonds is 3. The van der Waals surface area contributed by atoms with E-state index in [1.807, 2.05) is 0 Å². The number of carbonyl (C=O) groups is 2. The molecule has 0 fully saturated rings. The summed E-state index contributed by atoms with van der Waals surface area (Å²) in [5, 5.41) is 16.9. The van der Waals surface area contributed by atoms with Crippen molar-refractivity contribution in [1.29, 1.82) is 0 Å². The number of hydrogen-bond donors (Lipinski definition) is 2. The predicted molar refractivity (Wildman–Crippen MR) is 37.0 cm³/mol. The molecule has 0 aliphatic heterocycles. The van der Waals surface area contributed by atoms with E-state index in [0.717, 1.165) is 6.26 Å². The Morgan fingerprint density at radius 3 is 2.58 bits per heavy atom. The summed E-state index contributed by atoms with van der Waals surface area (Å²) in [6.45, 7) is 0. The zero-order valence-corrected chi connectivity index (χ0v) is 5.98. The molecule has 5 nitrogen and oxygen atoms in total. The molecule has 2 N–H and O–H groups in total. The Bertz CT molecular complexity index is 311. The molecule has 0 saturated heterocycles. The van der Waals surface area contributed by atoms with Crippen LogP contribution in [0.4, 0.5) is 0 Å². The first-order valence-electron chi connectivity index (χ1n) is 3.12. The van der Waals surface area contributed by atoms with E-state index in [-0.39, 0.29) is 11.3 Å². The minimum Gasteiger partial charge on any atom is -0.481 e. The van der Waals surface area contributed by atoms with Gasteiger partial charge in [0, 0.05) is 0 Å². The minimum atomic E-state index is -1.18. The molecule has 0 bridgehead atoms. The van der Waals surface area contributed by atoms with Crippen LogP contribution in [0, 0.1) is 0 Å². The van der Waals surface area contributed by atoms with Crippen LogP contribution in [0.3, 0.4) is 0 Å². The maximum atomic E-state index is 10.4. The molecule has 0 aromatic carbocycles. The van der Waals surface area contributed by atoms with Crippen LogP contribution in [0.25, 0.3) is 0 Å². The maximum absolute atomic E-state index is 10.4. The average Bonchev–Trinajstić information content (AvgIpc) is 2.33. The van der Waals surface area contributed by atoms with Crippen molar-refractivity contribution < 1.29 is 24.2 Å². The first kappa shape index (κ1) is 8.32. The zero-order valence-electron chi connectivity index (χ0n) is 5.98. The second kappa shape index (κ2) is 3.08. The highest BCUT2D eigenvalue weighted by Gasteiger charge is 2.15. The van der Waals surface area contributed by atoms with E-state index >= 15 is 0 Å². The smallest absolute Gasteiger partial charge is 0.339 e.